The van der Waals surface area contributed by atoms with Crippen molar-refractivity contribution in [3.05, 3.63) is 103 Å². The van der Waals surface area contributed by atoms with Crippen molar-refractivity contribution >= 4 is 34.4 Å². The zero-order valence-corrected chi connectivity index (χ0v) is 16.9. The van der Waals surface area contributed by atoms with Gasteiger partial charge in [-0.1, -0.05) is 78.9 Å². The highest BCUT2D eigenvalue weighted by Gasteiger charge is 2.37. The molecule has 0 aromatic heterocycles. The van der Waals surface area contributed by atoms with Crippen LogP contribution in [-0.4, -0.2) is 0 Å². The molecule has 1 aliphatic rings. The number of hydrogen-bond donors (Lipinski definition) is 0. The third-order valence-electron chi connectivity index (χ3n) is 5.54. The normalized spacial score (nSPS) is 14.3. The Morgan fingerprint density at radius 3 is 1.50 bits per heavy atom. The molecule has 0 saturated heterocycles. The molecule has 144 valence electrons. The van der Waals surface area contributed by atoms with Crippen molar-refractivity contribution in [2.45, 2.75) is 0 Å². The summed E-state index contributed by atoms with van der Waals surface area (Å²) in [4.78, 5) is 0. The second kappa shape index (κ2) is 6.48. The molecule has 0 saturated carbocycles. The van der Waals surface area contributed by atoms with Crippen LogP contribution in [-0.2, 0) is 4.57 Å². The van der Waals surface area contributed by atoms with Crippen LogP contribution in [0, 0.1) is 0 Å². The van der Waals surface area contributed by atoms with E-state index in [-0.39, 0.29) is 0 Å². The van der Waals surface area contributed by atoms with Crippen molar-refractivity contribution in [1.29, 1.82) is 0 Å². The predicted octanol–water partition coefficient (Wildman–Crippen LogP) is 6.95. The predicted molar refractivity (Wildman–Crippen MR) is 122 cm³/mol. The fourth-order valence-corrected chi connectivity index (χ4v) is 5.77. The summed E-state index contributed by atoms with van der Waals surface area (Å²) in [5, 5.41) is 4.80. The molecule has 0 bridgehead atoms. The summed E-state index contributed by atoms with van der Waals surface area (Å²) in [6, 6.07) is 33.3. The summed E-state index contributed by atoms with van der Waals surface area (Å²) in [7, 11) is -3.63. The lowest BCUT2D eigenvalue weighted by molar-refractivity contribution is 0.405. The summed E-state index contributed by atoms with van der Waals surface area (Å²) < 4.78 is 26.4. The minimum Gasteiger partial charge on any atom is -0.412 e. The van der Waals surface area contributed by atoms with Gasteiger partial charge in [0.05, 0.1) is 5.30 Å². The lowest BCUT2D eigenvalue weighted by Crippen LogP contribution is -2.13. The van der Waals surface area contributed by atoms with Crippen LogP contribution in [0.1, 0.15) is 0 Å². The molecular formula is C26H17O3P. The summed E-state index contributed by atoms with van der Waals surface area (Å²) in [5.41, 5.74) is 1.82. The van der Waals surface area contributed by atoms with E-state index in [9.17, 15) is 4.57 Å². The molecule has 0 spiro atoms. The van der Waals surface area contributed by atoms with Gasteiger partial charge >= 0.3 is 7.60 Å². The highest BCUT2D eigenvalue weighted by molar-refractivity contribution is 7.63. The Bertz CT molecular complexity index is 1380. The first-order valence-electron chi connectivity index (χ1n) is 9.82. The minimum atomic E-state index is -3.63. The van der Waals surface area contributed by atoms with Crippen LogP contribution in [0.15, 0.2) is 103 Å². The van der Waals surface area contributed by atoms with Gasteiger partial charge in [0.2, 0.25) is 0 Å². The van der Waals surface area contributed by atoms with Crippen LogP contribution in [0.2, 0.25) is 0 Å². The van der Waals surface area contributed by atoms with Gasteiger partial charge < -0.3 is 9.05 Å². The molecule has 6 rings (SSSR count). The van der Waals surface area contributed by atoms with Gasteiger partial charge in [-0.15, -0.1) is 0 Å². The zero-order chi connectivity index (χ0) is 20.1. The van der Waals surface area contributed by atoms with Crippen LogP contribution < -0.4 is 14.4 Å². The molecule has 0 amide bonds. The maximum absolute atomic E-state index is 14.0. The van der Waals surface area contributed by atoms with Crippen LogP contribution in [0.5, 0.6) is 11.5 Å². The van der Waals surface area contributed by atoms with Crippen LogP contribution in [0.3, 0.4) is 0 Å². The molecule has 0 atom stereocenters. The number of hydrogen-bond acceptors (Lipinski definition) is 3. The fraction of sp³-hybridized carbons (Fsp3) is 0. The summed E-state index contributed by atoms with van der Waals surface area (Å²) in [5.74, 6) is 1.13. The number of benzene rings is 5. The Morgan fingerprint density at radius 1 is 0.500 bits per heavy atom. The second-order valence-electron chi connectivity index (χ2n) is 7.34. The van der Waals surface area contributed by atoms with Crippen molar-refractivity contribution < 1.29 is 13.6 Å². The van der Waals surface area contributed by atoms with Gasteiger partial charge in [0.1, 0.15) is 11.5 Å². The first-order chi connectivity index (χ1) is 14.7. The minimum absolute atomic E-state index is 0.533. The van der Waals surface area contributed by atoms with Crippen molar-refractivity contribution in [3.63, 3.8) is 0 Å². The summed E-state index contributed by atoms with van der Waals surface area (Å²) in [6.07, 6.45) is 0. The van der Waals surface area contributed by atoms with Gasteiger partial charge in [0.15, 0.2) is 0 Å². The Hall–Kier alpha value is -3.55. The average Bonchev–Trinajstić information content (AvgIpc) is 2.94. The van der Waals surface area contributed by atoms with E-state index in [2.05, 4.69) is 24.3 Å². The molecule has 30 heavy (non-hydrogen) atoms. The van der Waals surface area contributed by atoms with Gasteiger partial charge in [-0.25, -0.2) is 4.57 Å². The van der Waals surface area contributed by atoms with Gasteiger partial charge in [-0.2, -0.15) is 0 Å². The molecule has 0 radical (unpaired) electrons. The highest BCUT2D eigenvalue weighted by atomic mass is 31.2. The van der Waals surface area contributed by atoms with E-state index in [1.54, 1.807) is 12.1 Å². The molecule has 0 unspecified atom stereocenters. The van der Waals surface area contributed by atoms with E-state index in [0.717, 1.165) is 32.7 Å². The first-order valence-corrected chi connectivity index (χ1v) is 11.4. The smallest absolute Gasteiger partial charge is 0.412 e. The molecule has 0 fully saturated rings. The zero-order valence-electron chi connectivity index (χ0n) is 16.0. The Balaban J connectivity index is 1.76. The second-order valence-corrected chi connectivity index (χ2v) is 9.21. The van der Waals surface area contributed by atoms with Gasteiger partial charge in [-0.3, -0.25) is 0 Å². The Labute approximate surface area is 174 Å². The van der Waals surface area contributed by atoms with E-state index in [1.807, 2.05) is 66.7 Å². The fourth-order valence-electron chi connectivity index (χ4n) is 4.16. The lowest BCUT2D eigenvalue weighted by atomic mass is 9.92. The summed E-state index contributed by atoms with van der Waals surface area (Å²) >= 11 is 0. The first kappa shape index (κ1) is 17.3. The SMILES string of the molecule is O=P1(c2ccccc2)Oc2ccc3ccccc3c2-c2c(ccc3ccccc23)O1. The van der Waals surface area contributed by atoms with Crippen LogP contribution >= 0.6 is 7.60 Å². The van der Waals surface area contributed by atoms with Gasteiger partial charge in [-0.05, 0) is 45.8 Å². The molecule has 3 nitrogen and oxygen atoms in total. The topological polar surface area (TPSA) is 35.5 Å². The standard InChI is InChI=1S/C26H17O3P/c27-30(20-10-2-1-3-11-20)28-23-16-14-18-8-4-6-12-21(18)25(23)26-22-13-7-5-9-19(22)15-17-24(26)29-30/h1-17H. The number of fused-ring (bicyclic) bond motifs is 7. The average molecular weight is 408 g/mol. The molecule has 1 aliphatic heterocycles. The van der Waals surface area contributed by atoms with Crippen molar-refractivity contribution in [1.82, 2.24) is 0 Å². The van der Waals surface area contributed by atoms with E-state index in [1.165, 1.54) is 0 Å². The Morgan fingerprint density at radius 2 is 0.967 bits per heavy atom. The van der Waals surface area contributed by atoms with E-state index in [4.69, 9.17) is 9.05 Å². The monoisotopic (exact) mass is 408 g/mol. The third kappa shape index (κ3) is 2.56. The highest BCUT2D eigenvalue weighted by Crippen LogP contribution is 2.58. The quantitative estimate of drug-likeness (QED) is 0.282. The van der Waals surface area contributed by atoms with E-state index < -0.39 is 7.60 Å². The largest absolute Gasteiger partial charge is 0.462 e. The van der Waals surface area contributed by atoms with Crippen molar-refractivity contribution in [2.75, 3.05) is 0 Å². The van der Waals surface area contributed by atoms with Crippen molar-refractivity contribution in [3.8, 4) is 22.6 Å². The Kier molecular flexibility index (Phi) is 3.74. The number of rotatable bonds is 1. The van der Waals surface area contributed by atoms with Crippen LogP contribution in [0.25, 0.3) is 32.7 Å². The van der Waals surface area contributed by atoms with Crippen molar-refractivity contribution in [2.24, 2.45) is 0 Å². The van der Waals surface area contributed by atoms with Gasteiger partial charge in [0.25, 0.3) is 0 Å². The molecule has 0 N–H and O–H groups in total. The third-order valence-corrected chi connectivity index (χ3v) is 7.35. The molecule has 4 heteroatoms. The molecular weight excluding hydrogens is 391 g/mol. The summed E-state index contributed by atoms with van der Waals surface area (Å²) in [6.45, 7) is 0. The molecule has 5 aromatic carbocycles. The van der Waals surface area contributed by atoms with Gasteiger partial charge in [0, 0.05) is 11.1 Å². The molecule has 1 heterocycles. The molecule has 0 aliphatic carbocycles. The van der Waals surface area contributed by atoms with Crippen LogP contribution in [0.4, 0.5) is 0 Å². The maximum Gasteiger partial charge on any atom is 0.462 e. The van der Waals surface area contributed by atoms with E-state index >= 15 is 0 Å². The maximum atomic E-state index is 14.0. The van der Waals surface area contributed by atoms with E-state index in [0.29, 0.717) is 16.8 Å². The lowest BCUT2D eigenvalue weighted by Gasteiger charge is -2.18. The molecule has 5 aromatic rings.